The molecule has 0 saturated heterocycles. The van der Waals surface area contributed by atoms with Crippen LogP contribution in [0, 0.1) is 17.8 Å². The van der Waals surface area contributed by atoms with Crippen molar-refractivity contribution in [1.29, 1.82) is 0 Å². The Bertz CT molecular complexity index is 242. The van der Waals surface area contributed by atoms with Crippen LogP contribution in [0.5, 0.6) is 0 Å². The lowest BCUT2D eigenvalue weighted by Crippen LogP contribution is -2.15. The first kappa shape index (κ1) is 15.2. The second-order valence-electron chi connectivity index (χ2n) is 3.61. The molecule has 0 aliphatic rings. The molecule has 1 N–H and O–H groups in total. The van der Waals surface area contributed by atoms with E-state index in [1.165, 1.54) is 0 Å². The second kappa shape index (κ2) is 9.41. The van der Waals surface area contributed by atoms with Crippen molar-refractivity contribution < 1.29 is 14.6 Å². The highest BCUT2D eigenvalue weighted by atomic mass is 16.7. The zero-order valence-corrected chi connectivity index (χ0v) is 10.6. The van der Waals surface area contributed by atoms with Crippen molar-refractivity contribution in [2.45, 2.75) is 40.1 Å². The molecule has 92 valence electrons. The summed E-state index contributed by atoms with van der Waals surface area (Å²) in [5, 5.41) is 9.51. The van der Waals surface area contributed by atoms with Gasteiger partial charge in [-0.15, -0.1) is 0 Å². The monoisotopic (exact) mass is 226 g/mol. The number of aliphatic hydroxyl groups is 1. The normalized spacial score (nSPS) is 13.2. The predicted octanol–water partition coefficient (Wildman–Crippen LogP) is 1.96. The quantitative estimate of drug-likeness (QED) is 0.427. The Hall–Kier alpha value is -0.820. The Morgan fingerprint density at radius 1 is 1.06 bits per heavy atom. The highest BCUT2D eigenvalue weighted by Gasteiger charge is 2.02. The van der Waals surface area contributed by atoms with Gasteiger partial charge in [-0.3, -0.25) is 0 Å². The minimum Gasteiger partial charge on any atom is -0.377 e. The van der Waals surface area contributed by atoms with E-state index in [4.69, 9.17) is 9.47 Å². The van der Waals surface area contributed by atoms with Crippen LogP contribution in [0.2, 0.25) is 0 Å². The Morgan fingerprint density at radius 2 is 1.62 bits per heavy atom. The Labute approximate surface area is 98.4 Å². The van der Waals surface area contributed by atoms with Gasteiger partial charge in [0.15, 0.2) is 0 Å². The maximum atomic E-state index is 9.51. The van der Waals surface area contributed by atoms with Crippen LogP contribution in [-0.4, -0.2) is 30.7 Å². The molecule has 0 fully saturated rings. The molecule has 0 aliphatic heterocycles. The molecule has 0 aromatic heterocycles. The molecule has 3 heteroatoms. The molecule has 0 bridgehead atoms. The van der Waals surface area contributed by atoms with Gasteiger partial charge in [-0.05, 0) is 31.8 Å². The van der Waals surface area contributed by atoms with Crippen molar-refractivity contribution in [2.24, 2.45) is 5.92 Å². The summed E-state index contributed by atoms with van der Waals surface area (Å²) in [7, 11) is 0. The van der Waals surface area contributed by atoms with Crippen LogP contribution in [0.25, 0.3) is 0 Å². The zero-order chi connectivity index (χ0) is 12.4. The molecule has 0 aromatic carbocycles. The van der Waals surface area contributed by atoms with E-state index < -0.39 is 12.4 Å². The van der Waals surface area contributed by atoms with Crippen molar-refractivity contribution in [2.75, 3.05) is 13.2 Å². The minimum absolute atomic E-state index is 0.408. The van der Waals surface area contributed by atoms with Crippen molar-refractivity contribution in [3.8, 4) is 11.8 Å². The first-order valence-electron chi connectivity index (χ1n) is 5.70. The number of rotatable bonds is 6. The molecule has 0 amide bonds. The summed E-state index contributed by atoms with van der Waals surface area (Å²) in [6, 6.07) is 0. The van der Waals surface area contributed by atoms with Crippen molar-refractivity contribution in [3.05, 3.63) is 12.2 Å². The molecular weight excluding hydrogens is 204 g/mol. The molecule has 0 radical (unpaired) electrons. The lowest BCUT2D eigenvalue weighted by atomic mass is 10.2. The summed E-state index contributed by atoms with van der Waals surface area (Å²) in [5.41, 5.74) is 0. The van der Waals surface area contributed by atoms with Gasteiger partial charge in [0.1, 0.15) is 6.10 Å². The van der Waals surface area contributed by atoms with E-state index >= 15 is 0 Å². The largest absolute Gasteiger partial charge is 0.377 e. The standard InChI is InChI=1S/C13H22O3/c1-5-15-13(16-6-2)10-9-12(14)8-7-11(3)4/h7-8,11-14H,5-6H2,1-4H3/b8-7+/t12-/m1/s1. The van der Waals surface area contributed by atoms with Gasteiger partial charge in [-0.1, -0.05) is 25.8 Å². The van der Waals surface area contributed by atoms with Gasteiger partial charge in [0, 0.05) is 13.2 Å². The summed E-state index contributed by atoms with van der Waals surface area (Å²) >= 11 is 0. The van der Waals surface area contributed by atoms with Gasteiger partial charge in [-0.25, -0.2) is 0 Å². The number of aliphatic hydroxyl groups excluding tert-OH is 1. The van der Waals surface area contributed by atoms with E-state index in [1.54, 1.807) is 6.08 Å². The molecule has 0 rings (SSSR count). The molecule has 3 nitrogen and oxygen atoms in total. The van der Waals surface area contributed by atoms with E-state index in [0.717, 1.165) is 0 Å². The molecule has 1 atom stereocenters. The van der Waals surface area contributed by atoms with Crippen LogP contribution in [0.15, 0.2) is 12.2 Å². The first-order chi connectivity index (χ1) is 7.60. The lowest BCUT2D eigenvalue weighted by Gasteiger charge is -2.09. The third-order valence-corrected chi connectivity index (χ3v) is 1.66. The van der Waals surface area contributed by atoms with E-state index in [2.05, 4.69) is 11.8 Å². The molecule has 16 heavy (non-hydrogen) atoms. The summed E-state index contributed by atoms with van der Waals surface area (Å²) in [6.45, 7) is 8.92. The maximum absolute atomic E-state index is 9.51. The van der Waals surface area contributed by atoms with Gasteiger partial charge in [0.2, 0.25) is 6.29 Å². The van der Waals surface area contributed by atoms with Crippen molar-refractivity contribution >= 4 is 0 Å². The maximum Gasteiger partial charge on any atom is 0.222 e. The molecule has 0 unspecified atom stereocenters. The smallest absolute Gasteiger partial charge is 0.222 e. The number of hydrogen-bond acceptors (Lipinski definition) is 3. The van der Waals surface area contributed by atoms with Crippen LogP contribution >= 0.6 is 0 Å². The van der Waals surface area contributed by atoms with Crippen LogP contribution < -0.4 is 0 Å². The summed E-state index contributed by atoms with van der Waals surface area (Å²) in [5.74, 6) is 5.83. The number of ether oxygens (including phenoxy) is 2. The highest BCUT2D eigenvalue weighted by molar-refractivity contribution is 5.14. The fourth-order valence-corrected chi connectivity index (χ4v) is 0.963. The van der Waals surface area contributed by atoms with Gasteiger partial charge < -0.3 is 14.6 Å². The van der Waals surface area contributed by atoms with Crippen molar-refractivity contribution in [1.82, 2.24) is 0 Å². The van der Waals surface area contributed by atoms with Gasteiger partial charge >= 0.3 is 0 Å². The molecule has 0 saturated carbocycles. The van der Waals surface area contributed by atoms with E-state index in [0.29, 0.717) is 19.1 Å². The Morgan fingerprint density at radius 3 is 2.06 bits per heavy atom. The molecule has 0 aliphatic carbocycles. The zero-order valence-electron chi connectivity index (χ0n) is 10.6. The number of hydrogen-bond donors (Lipinski definition) is 1. The van der Waals surface area contributed by atoms with E-state index in [-0.39, 0.29) is 0 Å². The third kappa shape index (κ3) is 8.49. The first-order valence-corrected chi connectivity index (χ1v) is 5.70. The second-order valence-corrected chi connectivity index (χ2v) is 3.61. The Kier molecular flexibility index (Phi) is 8.93. The van der Waals surface area contributed by atoms with Crippen LogP contribution in [0.4, 0.5) is 0 Å². The SMILES string of the molecule is CCOC(C#C[C@H](O)/C=C/C(C)C)OCC. The fourth-order valence-electron chi connectivity index (χ4n) is 0.963. The highest BCUT2D eigenvalue weighted by Crippen LogP contribution is 1.97. The topological polar surface area (TPSA) is 38.7 Å². The molecular formula is C13H22O3. The summed E-state index contributed by atoms with van der Waals surface area (Å²) in [6.07, 6.45) is 2.28. The lowest BCUT2D eigenvalue weighted by molar-refractivity contribution is -0.0971. The van der Waals surface area contributed by atoms with Crippen LogP contribution in [0.1, 0.15) is 27.7 Å². The van der Waals surface area contributed by atoms with E-state index in [1.807, 2.05) is 33.8 Å². The van der Waals surface area contributed by atoms with Crippen LogP contribution in [-0.2, 0) is 9.47 Å². The molecule has 0 spiro atoms. The van der Waals surface area contributed by atoms with Gasteiger partial charge in [0.25, 0.3) is 0 Å². The average molecular weight is 226 g/mol. The Balaban J connectivity index is 4.20. The van der Waals surface area contributed by atoms with Gasteiger partial charge in [0.05, 0.1) is 0 Å². The molecule has 0 heterocycles. The van der Waals surface area contributed by atoms with E-state index in [9.17, 15) is 5.11 Å². The fraction of sp³-hybridized carbons (Fsp3) is 0.692. The summed E-state index contributed by atoms with van der Waals surface area (Å²) in [4.78, 5) is 0. The predicted molar refractivity (Wildman–Crippen MR) is 64.8 cm³/mol. The third-order valence-electron chi connectivity index (χ3n) is 1.66. The van der Waals surface area contributed by atoms with Crippen LogP contribution in [0.3, 0.4) is 0 Å². The summed E-state index contributed by atoms with van der Waals surface area (Å²) < 4.78 is 10.5. The average Bonchev–Trinajstić information content (AvgIpc) is 2.23. The minimum atomic E-state index is -0.759. The molecule has 0 aromatic rings. The van der Waals surface area contributed by atoms with Gasteiger partial charge in [-0.2, -0.15) is 0 Å². The number of allylic oxidation sites excluding steroid dienone is 1. The van der Waals surface area contributed by atoms with Crippen molar-refractivity contribution in [3.63, 3.8) is 0 Å².